The average molecular weight is 383 g/mol. The largest absolute Gasteiger partial charge is 0.496 e. The van der Waals surface area contributed by atoms with Crippen LogP contribution in [0, 0.1) is 0 Å². The number of hydrogen-bond donors (Lipinski definition) is 2. The van der Waals surface area contributed by atoms with E-state index in [0.29, 0.717) is 31.9 Å². The predicted octanol–water partition coefficient (Wildman–Crippen LogP) is 1.71. The maximum atomic E-state index is 14.6. The highest BCUT2D eigenvalue weighted by Gasteiger charge is 2.47. The quantitative estimate of drug-likeness (QED) is 0.748. The van der Waals surface area contributed by atoms with Gasteiger partial charge in [0, 0.05) is 38.3 Å². The summed E-state index contributed by atoms with van der Waals surface area (Å²) in [5.41, 5.74) is 0.210. The van der Waals surface area contributed by atoms with Crippen LogP contribution in [-0.4, -0.2) is 70.0 Å². The topological polar surface area (TPSA) is 63.2 Å². The summed E-state index contributed by atoms with van der Waals surface area (Å²) in [6.45, 7) is 0.786. The van der Waals surface area contributed by atoms with Crippen LogP contribution in [0.4, 0.5) is 8.78 Å². The lowest BCUT2D eigenvalue weighted by molar-refractivity contribution is -0.119. The van der Waals surface area contributed by atoms with E-state index in [1.165, 1.54) is 21.3 Å². The SMILES string of the molecule is COc1cc(OC)c([C@@H](N2CCNCC2)C(F)(F)CO)c(OC)c1.Cl. The second kappa shape index (κ2) is 9.38. The van der Waals surface area contributed by atoms with Crippen molar-refractivity contribution < 1.29 is 28.1 Å². The standard InChI is InChI=1S/C16H24F2N2O4.ClH/c1-22-11-8-12(23-2)14(13(9-11)24-3)15(16(17,18)10-21)20-6-4-19-5-7-20;/h8-9,15,19,21H,4-7,10H2,1-3H3;1H/t15-;/m1./s1. The van der Waals surface area contributed by atoms with E-state index in [1.54, 1.807) is 17.0 Å². The van der Waals surface area contributed by atoms with Crippen molar-refractivity contribution in [2.75, 3.05) is 54.1 Å². The van der Waals surface area contributed by atoms with E-state index in [4.69, 9.17) is 14.2 Å². The molecule has 1 fully saturated rings. The Kier molecular flexibility index (Phi) is 8.14. The van der Waals surface area contributed by atoms with Gasteiger partial charge in [-0.15, -0.1) is 12.4 Å². The summed E-state index contributed by atoms with van der Waals surface area (Å²) in [5, 5.41) is 12.4. The second-order valence-electron chi connectivity index (χ2n) is 5.55. The molecule has 0 spiro atoms. The Balaban J connectivity index is 0.00000312. The second-order valence-corrected chi connectivity index (χ2v) is 5.55. The van der Waals surface area contributed by atoms with E-state index >= 15 is 0 Å². The van der Waals surface area contributed by atoms with E-state index in [1.807, 2.05) is 0 Å². The van der Waals surface area contributed by atoms with Gasteiger partial charge in [-0.1, -0.05) is 0 Å². The molecular weight excluding hydrogens is 358 g/mol. The Morgan fingerprint density at radius 1 is 1.12 bits per heavy atom. The van der Waals surface area contributed by atoms with Crippen molar-refractivity contribution in [1.29, 1.82) is 0 Å². The van der Waals surface area contributed by atoms with Gasteiger partial charge in [0.2, 0.25) is 0 Å². The molecular formula is C16H25ClF2N2O4. The molecule has 0 bridgehead atoms. The summed E-state index contributed by atoms with van der Waals surface area (Å²) in [6.07, 6.45) is 0. The number of nitrogens with one attached hydrogen (secondary N) is 1. The molecule has 9 heteroatoms. The molecule has 1 aromatic carbocycles. The zero-order valence-corrected chi connectivity index (χ0v) is 15.4. The molecule has 1 aromatic rings. The fourth-order valence-corrected chi connectivity index (χ4v) is 2.99. The molecule has 1 saturated heterocycles. The number of hydrogen-bond acceptors (Lipinski definition) is 6. The van der Waals surface area contributed by atoms with Crippen molar-refractivity contribution in [1.82, 2.24) is 10.2 Å². The maximum absolute atomic E-state index is 14.6. The van der Waals surface area contributed by atoms with Crippen LogP contribution in [0.3, 0.4) is 0 Å². The third-order valence-corrected chi connectivity index (χ3v) is 4.15. The monoisotopic (exact) mass is 382 g/mol. The molecule has 0 radical (unpaired) electrons. The molecule has 0 saturated carbocycles. The molecule has 2 N–H and O–H groups in total. The number of alkyl halides is 2. The Labute approximate surface area is 152 Å². The molecule has 1 atom stereocenters. The minimum Gasteiger partial charge on any atom is -0.496 e. The van der Waals surface area contributed by atoms with Crippen LogP contribution >= 0.6 is 12.4 Å². The normalized spacial score (nSPS) is 16.7. The summed E-state index contributed by atoms with van der Waals surface area (Å²) in [4.78, 5) is 1.64. The van der Waals surface area contributed by atoms with Gasteiger partial charge in [0.05, 0.1) is 26.9 Å². The number of aliphatic hydroxyl groups excluding tert-OH is 1. The van der Waals surface area contributed by atoms with Crippen molar-refractivity contribution >= 4 is 12.4 Å². The number of ether oxygens (including phenoxy) is 3. The maximum Gasteiger partial charge on any atom is 0.290 e. The van der Waals surface area contributed by atoms with E-state index in [2.05, 4.69) is 5.32 Å². The first kappa shape index (κ1) is 21.7. The highest BCUT2D eigenvalue weighted by molar-refractivity contribution is 5.85. The smallest absolute Gasteiger partial charge is 0.290 e. The van der Waals surface area contributed by atoms with Gasteiger partial charge in [0.15, 0.2) is 0 Å². The van der Waals surface area contributed by atoms with Gasteiger partial charge in [0.25, 0.3) is 5.92 Å². The van der Waals surface area contributed by atoms with Crippen LogP contribution in [0.2, 0.25) is 0 Å². The van der Waals surface area contributed by atoms with Crippen LogP contribution in [-0.2, 0) is 0 Å². The van der Waals surface area contributed by atoms with E-state index in [0.717, 1.165) is 0 Å². The minimum atomic E-state index is -3.35. The van der Waals surface area contributed by atoms with Crippen LogP contribution in [0.1, 0.15) is 11.6 Å². The highest BCUT2D eigenvalue weighted by Crippen LogP contribution is 2.46. The van der Waals surface area contributed by atoms with Gasteiger partial charge in [-0.25, -0.2) is 8.78 Å². The van der Waals surface area contributed by atoms with Crippen molar-refractivity contribution in [3.8, 4) is 17.2 Å². The molecule has 1 heterocycles. The van der Waals surface area contributed by atoms with Crippen molar-refractivity contribution in [3.63, 3.8) is 0 Å². The molecule has 144 valence electrons. The van der Waals surface area contributed by atoms with Crippen LogP contribution in [0.5, 0.6) is 17.2 Å². The Bertz CT molecular complexity index is 532. The number of nitrogens with zero attached hydrogens (tertiary/aromatic N) is 1. The first-order valence-corrected chi connectivity index (χ1v) is 7.71. The summed E-state index contributed by atoms with van der Waals surface area (Å²) in [6, 6.07) is 1.72. The zero-order chi connectivity index (χ0) is 17.7. The fraction of sp³-hybridized carbons (Fsp3) is 0.625. The number of rotatable bonds is 7. The minimum absolute atomic E-state index is 0. The van der Waals surface area contributed by atoms with Gasteiger partial charge in [-0.3, -0.25) is 4.90 Å². The number of benzene rings is 1. The Morgan fingerprint density at radius 3 is 2.04 bits per heavy atom. The molecule has 2 rings (SSSR count). The molecule has 6 nitrogen and oxygen atoms in total. The lowest BCUT2D eigenvalue weighted by Gasteiger charge is -2.39. The molecule has 25 heavy (non-hydrogen) atoms. The van der Waals surface area contributed by atoms with E-state index in [9.17, 15) is 13.9 Å². The van der Waals surface area contributed by atoms with E-state index in [-0.39, 0.29) is 29.5 Å². The molecule has 1 aliphatic rings. The summed E-state index contributed by atoms with van der Waals surface area (Å²) in [7, 11) is 4.29. The summed E-state index contributed by atoms with van der Waals surface area (Å²) in [5.74, 6) is -2.43. The van der Waals surface area contributed by atoms with Gasteiger partial charge >= 0.3 is 0 Å². The van der Waals surface area contributed by atoms with Crippen molar-refractivity contribution in [3.05, 3.63) is 17.7 Å². The fourth-order valence-electron chi connectivity index (χ4n) is 2.99. The van der Waals surface area contributed by atoms with E-state index < -0.39 is 18.6 Å². The Morgan fingerprint density at radius 2 is 1.64 bits per heavy atom. The highest BCUT2D eigenvalue weighted by atomic mass is 35.5. The van der Waals surface area contributed by atoms with Crippen molar-refractivity contribution in [2.24, 2.45) is 0 Å². The predicted molar refractivity (Wildman–Crippen MR) is 92.6 cm³/mol. The van der Waals surface area contributed by atoms with Crippen LogP contribution < -0.4 is 19.5 Å². The zero-order valence-electron chi connectivity index (χ0n) is 14.6. The number of halogens is 3. The third-order valence-electron chi connectivity index (χ3n) is 4.15. The van der Waals surface area contributed by atoms with Gasteiger partial charge < -0.3 is 24.6 Å². The summed E-state index contributed by atoms with van der Waals surface area (Å²) >= 11 is 0. The lowest BCUT2D eigenvalue weighted by Crippen LogP contribution is -2.51. The first-order valence-electron chi connectivity index (χ1n) is 7.71. The van der Waals surface area contributed by atoms with Crippen LogP contribution in [0.15, 0.2) is 12.1 Å². The average Bonchev–Trinajstić information content (AvgIpc) is 2.62. The van der Waals surface area contributed by atoms with Gasteiger partial charge in [-0.05, 0) is 0 Å². The van der Waals surface area contributed by atoms with Crippen LogP contribution in [0.25, 0.3) is 0 Å². The molecule has 0 amide bonds. The Hall–Kier alpha value is -1.35. The van der Waals surface area contributed by atoms with Gasteiger partial charge in [-0.2, -0.15) is 0 Å². The first-order chi connectivity index (χ1) is 11.5. The molecule has 0 aromatic heterocycles. The molecule has 0 unspecified atom stereocenters. The summed E-state index contributed by atoms with van der Waals surface area (Å²) < 4.78 is 45.1. The number of piperazine rings is 1. The number of aliphatic hydroxyl groups is 1. The van der Waals surface area contributed by atoms with Crippen molar-refractivity contribution in [2.45, 2.75) is 12.0 Å². The molecule has 1 aliphatic heterocycles. The number of methoxy groups -OCH3 is 3. The lowest BCUT2D eigenvalue weighted by atomic mass is 9.95. The molecule has 0 aliphatic carbocycles. The van der Waals surface area contributed by atoms with Gasteiger partial charge in [0.1, 0.15) is 29.9 Å². The third kappa shape index (κ3) is 4.63.